The molecular weight excluding hydrogens is 439 g/mol. The highest BCUT2D eigenvalue weighted by atomic mass is 19.1. The first-order chi connectivity index (χ1) is 16.4. The van der Waals surface area contributed by atoms with Crippen LogP contribution >= 0.6 is 0 Å². The number of aliphatic hydroxyl groups excluding tert-OH is 1. The third kappa shape index (κ3) is 3.33. The fourth-order valence-electron chi connectivity index (χ4n) is 4.49. The summed E-state index contributed by atoms with van der Waals surface area (Å²) < 4.78 is 25.2. The van der Waals surface area contributed by atoms with Gasteiger partial charge in [-0.1, -0.05) is 42.5 Å². The van der Waals surface area contributed by atoms with Crippen LogP contribution in [0.1, 0.15) is 28.2 Å². The SMILES string of the molecule is COc1ccc(C(C2=C(O)c3ccccc3CC2=O)c2c(O)c3ccccc3oc2=O)cc1F. The molecule has 1 atom stereocenters. The first kappa shape index (κ1) is 21.5. The summed E-state index contributed by atoms with van der Waals surface area (Å²) in [6, 6.07) is 17.2. The molecule has 0 saturated heterocycles. The Labute approximate surface area is 193 Å². The van der Waals surface area contributed by atoms with Crippen molar-refractivity contribution in [3.05, 3.63) is 111 Å². The third-order valence-electron chi connectivity index (χ3n) is 6.09. The Hall–Kier alpha value is -4.39. The lowest BCUT2D eigenvalue weighted by Gasteiger charge is -2.26. The number of halogens is 1. The molecule has 4 aromatic rings. The highest BCUT2D eigenvalue weighted by Crippen LogP contribution is 2.43. The second-order valence-electron chi connectivity index (χ2n) is 7.99. The number of rotatable bonds is 4. The van der Waals surface area contributed by atoms with Gasteiger partial charge in [0.15, 0.2) is 17.3 Å². The quantitative estimate of drug-likeness (QED) is 0.424. The molecule has 0 aliphatic heterocycles. The summed E-state index contributed by atoms with van der Waals surface area (Å²) >= 11 is 0. The molecule has 0 radical (unpaired) electrons. The normalized spacial score (nSPS) is 14.2. The van der Waals surface area contributed by atoms with Crippen LogP contribution in [0.4, 0.5) is 4.39 Å². The molecule has 1 aliphatic rings. The number of benzene rings is 3. The number of carbonyl (C=O) groups excluding carboxylic acids is 1. The van der Waals surface area contributed by atoms with Gasteiger partial charge >= 0.3 is 5.63 Å². The van der Waals surface area contributed by atoms with Crippen LogP contribution in [0.2, 0.25) is 0 Å². The van der Waals surface area contributed by atoms with Crippen LogP contribution in [0.25, 0.3) is 16.7 Å². The van der Waals surface area contributed by atoms with Crippen LogP contribution in [0.15, 0.2) is 81.5 Å². The van der Waals surface area contributed by atoms with E-state index in [1.165, 1.54) is 25.3 Å². The molecule has 1 aromatic heterocycles. The summed E-state index contributed by atoms with van der Waals surface area (Å²) in [6.07, 6.45) is -0.0234. The van der Waals surface area contributed by atoms with E-state index in [-0.39, 0.29) is 45.6 Å². The van der Waals surface area contributed by atoms with E-state index in [1.54, 1.807) is 42.5 Å². The maximum atomic E-state index is 14.7. The van der Waals surface area contributed by atoms with Gasteiger partial charge < -0.3 is 19.4 Å². The van der Waals surface area contributed by atoms with Crippen LogP contribution in [0.3, 0.4) is 0 Å². The van der Waals surface area contributed by atoms with E-state index < -0.39 is 28.9 Å². The Morgan fingerprint density at radius 2 is 1.74 bits per heavy atom. The van der Waals surface area contributed by atoms with Gasteiger partial charge in [0.2, 0.25) is 0 Å². The van der Waals surface area contributed by atoms with E-state index in [4.69, 9.17) is 9.15 Å². The van der Waals surface area contributed by atoms with E-state index in [9.17, 15) is 24.2 Å². The number of aliphatic hydroxyl groups is 1. The number of ketones is 1. The zero-order chi connectivity index (χ0) is 24.0. The number of ether oxygens (including phenoxy) is 1. The maximum Gasteiger partial charge on any atom is 0.344 e. The van der Waals surface area contributed by atoms with Gasteiger partial charge in [0.1, 0.15) is 17.1 Å². The lowest BCUT2D eigenvalue weighted by atomic mass is 9.77. The first-order valence-electron chi connectivity index (χ1n) is 10.5. The molecule has 34 heavy (non-hydrogen) atoms. The maximum absolute atomic E-state index is 14.7. The van der Waals surface area contributed by atoms with E-state index in [0.29, 0.717) is 11.1 Å². The number of para-hydroxylation sites is 1. The van der Waals surface area contributed by atoms with Crippen molar-refractivity contribution in [1.82, 2.24) is 0 Å². The Morgan fingerprint density at radius 1 is 1.00 bits per heavy atom. The number of hydrogen-bond donors (Lipinski definition) is 2. The molecule has 0 saturated carbocycles. The molecule has 0 spiro atoms. The summed E-state index contributed by atoms with van der Waals surface area (Å²) in [5.74, 6) is -3.24. The zero-order valence-corrected chi connectivity index (χ0v) is 18.0. The lowest BCUT2D eigenvalue weighted by Crippen LogP contribution is -2.25. The number of Topliss-reactive ketones (excluding diaryl/α,β-unsaturated/α-hetero) is 1. The van der Waals surface area contributed by atoms with E-state index >= 15 is 0 Å². The zero-order valence-electron chi connectivity index (χ0n) is 18.0. The Bertz CT molecular complexity index is 1550. The molecule has 0 amide bonds. The van der Waals surface area contributed by atoms with E-state index in [2.05, 4.69) is 0 Å². The van der Waals surface area contributed by atoms with Gasteiger partial charge in [-0.3, -0.25) is 4.79 Å². The number of methoxy groups -OCH3 is 1. The highest BCUT2D eigenvalue weighted by molar-refractivity contribution is 6.07. The molecule has 7 heteroatoms. The van der Waals surface area contributed by atoms with Gasteiger partial charge in [0.25, 0.3) is 0 Å². The molecule has 0 fully saturated rings. The minimum atomic E-state index is -1.29. The number of aromatic hydroxyl groups is 1. The smallest absolute Gasteiger partial charge is 0.344 e. The van der Waals surface area contributed by atoms with Crippen molar-refractivity contribution in [2.45, 2.75) is 12.3 Å². The van der Waals surface area contributed by atoms with Gasteiger partial charge in [0.05, 0.1) is 29.6 Å². The molecule has 2 N–H and O–H groups in total. The Kier molecular flexibility index (Phi) is 5.17. The van der Waals surface area contributed by atoms with Crippen LogP contribution < -0.4 is 10.4 Å². The summed E-state index contributed by atoms with van der Waals surface area (Å²) in [5.41, 5.74) is 0.101. The number of fused-ring (bicyclic) bond motifs is 2. The van der Waals surface area contributed by atoms with Crippen molar-refractivity contribution >= 4 is 22.5 Å². The lowest BCUT2D eigenvalue weighted by molar-refractivity contribution is -0.115. The molecule has 5 rings (SSSR count). The van der Waals surface area contributed by atoms with E-state index in [1.807, 2.05) is 0 Å². The summed E-state index contributed by atoms with van der Waals surface area (Å²) in [5, 5.41) is 22.6. The summed E-state index contributed by atoms with van der Waals surface area (Å²) in [4.78, 5) is 26.4. The average Bonchev–Trinajstić information content (AvgIpc) is 2.83. The summed E-state index contributed by atoms with van der Waals surface area (Å²) in [6.45, 7) is 0. The molecule has 1 unspecified atom stereocenters. The molecule has 3 aromatic carbocycles. The molecule has 6 nitrogen and oxygen atoms in total. The van der Waals surface area contributed by atoms with E-state index in [0.717, 1.165) is 6.07 Å². The third-order valence-corrected chi connectivity index (χ3v) is 6.09. The van der Waals surface area contributed by atoms with Crippen molar-refractivity contribution in [2.24, 2.45) is 0 Å². The minimum Gasteiger partial charge on any atom is -0.507 e. The van der Waals surface area contributed by atoms with Crippen LogP contribution in [0.5, 0.6) is 11.5 Å². The second kappa shape index (κ2) is 8.19. The molecule has 1 aliphatic carbocycles. The van der Waals surface area contributed by atoms with Gasteiger partial charge in [-0.2, -0.15) is 0 Å². The molecular formula is C27H19FO6. The highest BCUT2D eigenvalue weighted by Gasteiger charge is 2.37. The minimum absolute atomic E-state index is 0.0234. The molecule has 170 valence electrons. The predicted octanol–water partition coefficient (Wildman–Crippen LogP) is 4.87. The predicted molar refractivity (Wildman–Crippen MR) is 124 cm³/mol. The fourth-order valence-corrected chi connectivity index (χ4v) is 4.49. The molecule has 1 heterocycles. The Morgan fingerprint density at radius 3 is 2.50 bits per heavy atom. The number of allylic oxidation sites excluding steroid dienone is 1. The first-order valence-corrected chi connectivity index (χ1v) is 10.5. The van der Waals surface area contributed by atoms with Gasteiger partial charge in [0, 0.05) is 12.0 Å². The van der Waals surface area contributed by atoms with Crippen molar-refractivity contribution < 1.29 is 28.6 Å². The molecule has 0 bridgehead atoms. The number of hydrogen-bond acceptors (Lipinski definition) is 6. The fraction of sp³-hybridized carbons (Fsp3) is 0.111. The Balaban J connectivity index is 1.85. The number of carbonyl (C=O) groups is 1. The average molecular weight is 458 g/mol. The van der Waals surface area contributed by atoms with Gasteiger partial charge in [-0.15, -0.1) is 0 Å². The standard InChI is InChI=1S/C27H19FO6/c1-33-21-11-10-15(12-18(21)28)22(23-19(29)13-14-6-2-3-7-16(14)25(23)30)24-26(31)17-8-4-5-9-20(17)34-27(24)32/h2-12,22,30-31H,13H2,1H3. The topological polar surface area (TPSA) is 97.0 Å². The van der Waals surface area contributed by atoms with Gasteiger partial charge in [-0.05, 0) is 35.4 Å². The largest absolute Gasteiger partial charge is 0.507 e. The van der Waals surface area contributed by atoms with Gasteiger partial charge in [-0.25, -0.2) is 9.18 Å². The van der Waals surface area contributed by atoms with Crippen LogP contribution in [-0.4, -0.2) is 23.1 Å². The van der Waals surface area contributed by atoms with Crippen LogP contribution in [-0.2, 0) is 11.2 Å². The summed E-state index contributed by atoms with van der Waals surface area (Å²) in [7, 11) is 1.31. The van der Waals surface area contributed by atoms with Crippen LogP contribution in [0, 0.1) is 5.82 Å². The second-order valence-corrected chi connectivity index (χ2v) is 7.99. The van der Waals surface area contributed by atoms with Crippen molar-refractivity contribution in [3.8, 4) is 11.5 Å². The van der Waals surface area contributed by atoms with Crippen molar-refractivity contribution in [3.63, 3.8) is 0 Å². The van der Waals surface area contributed by atoms with Crippen molar-refractivity contribution in [2.75, 3.05) is 7.11 Å². The monoisotopic (exact) mass is 458 g/mol. The van der Waals surface area contributed by atoms with Crippen molar-refractivity contribution in [1.29, 1.82) is 0 Å².